The third kappa shape index (κ3) is 3.22. The number of rotatable bonds is 3. The van der Waals surface area contributed by atoms with Crippen LogP contribution in [0.1, 0.15) is 5.56 Å². The molecule has 3 N–H and O–H groups in total. The highest BCUT2D eigenvalue weighted by Crippen LogP contribution is 2.26. The van der Waals surface area contributed by atoms with Gasteiger partial charge in [-0.1, -0.05) is 45.8 Å². The number of halogens is 2. The minimum atomic E-state index is 0.337. The first kappa shape index (κ1) is 13.3. The topological polar surface area (TPSA) is 38.0 Å². The number of nitrogens with one attached hydrogen (secondary N) is 1. The quantitative estimate of drug-likeness (QED) is 0.808. The molecule has 0 aliphatic carbocycles. The Morgan fingerprint density at radius 2 is 2.00 bits per heavy atom. The highest BCUT2D eigenvalue weighted by molar-refractivity contribution is 9.10. The van der Waals surface area contributed by atoms with Crippen molar-refractivity contribution in [2.24, 2.45) is 5.73 Å². The Hall–Kier alpha value is -1.10. The van der Waals surface area contributed by atoms with E-state index in [-0.39, 0.29) is 0 Å². The van der Waals surface area contributed by atoms with Gasteiger partial charge in [0.15, 0.2) is 0 Å². The summed E-state index contributed by atoms with van der Waals surface area (Å²) in [7, 11) is 0. The fourth-order valence-electron chi connectivity index (χ4n) is 1.56. The van der Waals surface area contributed by atoms with Gasteiger partial charge >= 0.3 is 0 Å². The lowest BCUT2D eigenvalue weighted by atomic mass is 10.1. The lowest BCUT2D eigenvalue weighted by Crippen LogP contribution is -2.11. The van der Waals surface area contributed by atoms with Crippen molar-refractivity contribution in [3.05, 3.63) is 57.5 Å². The molecular weight excluding hydrogens is 332 g/mol. The smallest absolute Gasteiger partial charge is 0.106 e. The van der Waals surface area contributed by atoms with E-state index in [0.29, 0.717) is 10.0 Å². The van der Waals surface area contributed by atoms with Crippen LogP contribution in [0.2, 0.25) is 5.02 Å². The molecule has 0 spiro atoms. The van der Waals surface area contributed by atoms with E-state index in [9.17, 15) is 0 Å². The van der Waals surface area contributed by atoms with E-state index in [1.165, 1.54) is 0 Å². The molecule has 18 heavy (non-hydrogen) atoms. The lowest BCUT2D eigenvalue weighted by Gasteiger charge is -2.12. The van der Waals surface area contributed by atoms with Gasteiger partial charge in [-0.3, -0.25) is 0 Å². The number of hydrogen-bond donors (Lipinski definition) is 2. The largest absolute Gasteiger partial charge is 0.389 e. The van der Waals surface area contributed by atoms with Gasteiger partial charge in [-0.2, -0.15) is 0 Å². The molecule has 0 fully saturated rings. The Morgan fingerprint density at radius 3 is 2.67 bits per heavy atom. The average molecular weight is 342 g/mol. The normalized spacial score (nSPS) is 10.1. The van der Waals surface area contributed by atoms with E-state index < -0.39 is 0 Å². The third-order valence-corrected chi connectivity index (χ3v) is 3.30. The molecule has 0 atom stereocenters. The summed E-state index contributed by atoms with van der Waals surface area (Å²) in [6, 6.07) is 13.2. The van der Waals surface area contributed by atoms with Crippen molar-refractivity contribution in [2.75, 3.05) is 5.32 Å². The van der Waals surface area contributed by atoms with Crippen molar-refractivity contribution < 1.29 is 0 Å². The second-order valence-electron chi connectivity index (χ2n) is 3.69. The number of anilines is 2. The Kier molecular flexibility index (Phi) is 4.22. The predicted molar refractivity (Wildman–Crippen MR) is 84.8 cm³/mol. The van der Waals surface area contributed by atoms with Gasteiger partial charge in [0.25, 0.3) is 0 Å². The molecule has 2 nitrogen and oxygen atoms in total. The Bertz CT molecular complexity index is 601. The van der Waals surface area contributed by atoms with Gasteiger partial charge in [0, 0.05) is 20.7 Å². The van der Waals surface area contributed by atoms with Crippen LogP contribution < -0.4 is 11.1 Å². The number of hydrogen-bond acceptors (Lipinski definition) is 2. The van der Waals surface area contributed by atoms with Gasteiger partial charge in [-0.05, 0) is 36.4 Å². The lowest BCUT2D eigenvalue weighted by molar-refractivity contribution is 1.51. The van der Waals surface area contributed by atoms with E-state index in [1.54, 1.807) is 12.1 Å². The Morgan fingerprint density at radius 1 is 1.22 bits per heavy atom. The van der Waals surface area contributed by atoms with Gasteiger partial charge in [-0.25, -0.2) is 0 Å². The maximum absolute atomic E-state index is 5.99. The Labute approximate surface area is 124 Å². The highest BCUT2D eigenvalue weighted by atomic mass is 79.9. The number of thiocarbonyl (C=S) groups is 1. The highest BCUT2D eigenvalue weighted by Gasteiger charge is 2.06. The number of benzene rings is 2. The van der Waals surface area contributed by atoms with Crippen molar-refractivity contribution in [1.82, 2.24) is 0 Å². The Balaban J connectivity index is 2.39. The molecule has 0 saturated heterocycles. The van der Waals surface area contributed by atoms with Gasteiger partial charge in [0.1, 0.15) is 4.99 Å². The van der Waals surface area contributed by atoms with E-state index >= 15 is 0 Å². The molecule has 92 valence electrons. The summed E-state index contributed by atoms with van der Waals surface area (Å²) in [4.78, 5) is 0.337. The summed E-state index contributed by atoms with van der Waals surface area (Å²) in [5.74, 6) is 0. The van der Waals surface area contributed by atoms with Crippen LogP contribution in [0.5, 0.6) is 0 Å². The van der Waals surface area contributed by atoms with Gasteiger partial charge in [0.2, 0.25) is 0 Å². The minimum absolute atomic E-state index is 0.337. The van der Waals surface area contributed by atoms with E-state index in [2.05, 4.69) is 21.2 Å². The first-order valence-electron chi connectivity index (χ1n) is 5.18. The molecule has 0 aliphatic rings. The monoisotopic (exact) mass is 340 g/mol. The molecule has 0 radical (unpaired) electrons. The molecule has 0 saturated carbocycles. The van der Waals surface area contributed by atoms with E-state index in [0.717, 1.165) is 21.4 Å². The second-order valence-corrected chi connectivity index (χ2v) is 5.48. The first-order valence-corrected chi connectivity index (χ1v) is 6.76. The van der Waals surface area contributed by atoms with E-state index in [1.807, 2.05) is 30.3 Å². The van der Waals surface area contributed by atoms with Crippen LogP contribution in [0.15, 0.2) is 46.9 Å². The molecule has 0 heterocycles. The maximum Gasteiger partial charge on any atom is 0.106 e. The van der Waals surface area contributed by atoms with Crippen molar-refractivity contribution >= 4 is 56.1 Å². The maximum atomic E-state index is 5.99. The molecule has 0 amide bonds. The van der Waals surface area contributed by atoms with Crippen molar-refractivity contribution in [3.63, 3.8) is 0 Å². The zero-order chi connectivity index (χ0) is 13.1. The average Bonchev–Trinajstić information content (AvgIpc) is 2.28. The second kappa shape index (κ2) is 5.69. The molecule has 2 aromatic carbocycles. The summed E-state index contributed by atoms with van der Waals surface area (Å²) in [6.07, 6.45) is 0. The van der Waals surface area contributed by atoms with Gasteiger partial charge < -0.3 is 11.1 Å². The van der Waals surface area contributed by atoms with E-state index in [4.69, 9.17) is 29.6 Å². The fourth-order valence-corrected chi connectivity index (χ4v) is 2.31. The van der Waals surface area contributed by atoms with Crippen molar-refractivity contribution in [3.8, 4) is 0 Å². The van der Waals surface area contributed by atoms with Crippen LogP contribution in [-0.4, -0.2) is 4.99 Å². The fraction of sp³-hybridized carbons (Fsp3) is 0. The zero-order valence-corrected chi connectivity index (χ0v) is 12.4. The number of nitrogens with two attached hydrogens (primary N) is 1. The summed E-state index contributed by atoms with van der Waals surface area (Å²) in [5, 5.41) is 3.89. The molecule has 0 aliphatic heterocycles. The third-order valence-electron chi connectivity index (χ3n) is 2.35. The molecule has 2 aromatic rings. The van der Waals surface area contributed by atoms with Gasteiger partial charge in [-0.15, -0.1) is 0 Å². The molecule has 0 bridgehead atoms. The van der Waals surface area contributed by atoms with Crippen LogP contribution >= 0.6 is 39.7 Å². The molecule has 2 rings (SSSR count). The molecule has 0 unspecified atom stereocenters. The van der Waals surface area contributed by atoms with Crippen LogP contribution in [0.25, 0.3) is 0 Å². The van der Waals surface area contributed by atoms with Crippen LogP contribution in [-0.2, 0) is 0 Å². The van der Waals surface area contributed by atoms with Crippen molar-refractivity contribution in [2.45, 2.75) is 0 Å². The SMILES string of the molecule is NC(=S)c1ccc(Cl)cc1Nc1cccc(Br)c1. The van der Waals surface area contributed by atoms with Gasteiger partial charge in [0.05, 0.1) is 5.69 Å². The van der Waals surface area contributed by atoms with Crippen LogP contribution in [0.4, 0.5) is 11.4 Å². The molecule has 5 heteroatoms. The van der Waals surface area contributed by atoms with Crippen LogP contribution in [0.3, 0.4) is 0 Å². The summed E-state index contributed by atoms with van der Waals surface area (Å²) in [6.45, 7) is 0. The standard InChI is InChI=1S/C13H10BrClN2S/c14-8-2-1-3-10(6-8)17-12-7-9(15)4-5-11(12)13(16)18/h1-7,17H,(H2,16,18). The molecule has 0 aromatic heterocycles. The zero-order valence-electron chi connectivity index (χ0n) is 9.28. The predicted octanol–water partition coefficient (Wildman–Crippen LogP) is 4.48. The summed E-state index contributed by atoms with van der Waals surface area (Å²) >= 11 is 14.4. The van der Waals surface area contributed by atoms with Crippen molar-refractivity contribution in [1.29, 1.82) is 0 Å². The summed E-state index contributed by atoms with van der Waals surface area (Å²) in [5.41, 5.74) is 8.19. The first-order chi connectivity index (χ1) is 8.56. The van der Waals surface area contributed by atoms with Crippen LogP contribution in [0, 0.1) is 0 Å². The summed E-state index contributed by atoms with van der Waals surface area (Å²) < 4.78 is 0.992. The molecular formula is C13H10BrClN2S. The minimum Gasteiger partial charge on any atom is -0.389 e.